The molecule has 3 heteroatoms. The lowest BCUT2D eigenvalue weighted by atomic mass is 9.98. The first-order valence-electron chi connectivity index (χ1n) is 9.06. The fourth-order valence-corrected chi connectivity index (χ4v) is 3.42. The molecule has 1 heterocycles. The van der Waals surface area contributed by atoms with E-state index in [1.54, 1.807) is 6.08 Å². The highest BCUT2D eigenvalue weighted by Crippen LogP contribution is 2.26. The molecular formula is C25H18N2O. The van der Waals surface area contributed by atoms with Gasteiger partial charge in [-0.05, 0) is 35.8 Å². The standard InChI is InChI=1S/C25H18N2O/c1-17-24(22-9-5-6-10-23(22)27-17)25(28)21(16-26)15-18-11-13-20(14-12-18)19-7-3-2-4-8-19/h2-15,27H,1H3. The zero-order valence-corrected chi connectivity index (χ0v) is 15.4. The van der Waals surface area contributed by atoms with Crippen molar-refractivity contribution < 1.29 is 4.79 Å². The van der Waals surface area contributed by atoms with Crippen molar-refractivity contribution >= 4 is 22.8 Å². The number of allylic oxidation sites excluding steroid dienone is 1. The van der Waals surface area contributed by atoms with E-state index in [0.717, 1.165) is 33.3 Å². The van der Waals surface area contributed by atoms with Crippen LogP contribution in [-0.2, 0) is 0 Å². The highest BCUT2D eigenvalue weighted by molar-refractivity contribution is 6.20. The molecule has 134 valence electrons. The second kappa shape index (κ2) is 7.38. The number of ketones is 1. The maximum Gasteiger partial charge on any atom is 0.205 e. The zero-order chi connectivity index (χ0) is 19.5. The molecule has 0 aliphatic heterocycles. The number of para-hydroxylation sites is 1. The summed E-state index contributed by atoms with van der Waals surface area (Å²) in [5.41, 5.74) is 5.39. The Hall–Kier alpha value is -3.90. The van der Waals surface area contributed by atoms with E-state index in [0.29, 0.717) is 5.56 Å². The molecule has 4 aromatic rings. The topological polar surface area (TPSA) is 56.6 Å². The molecule has 0 spiro atoms. The van der Waals surface area contributed by atoms with Gasteiger partial charge in [-0.25, -0.2) is 0 Å². The molecule has 3 aromatic carbocycles. The molecule has 0 radical (unpaired) electrons. The monoisotopic (exact) mass is 362 g/mol. The van der Waals surface area contributed by atoms with Crippen LogP contribution in [0.2, 0.25) is 0 Å². The van der Waals surface area contributed by atoms with Gasteiger partial charge in [0.15, 0.2) is 0 Å². The average Bonchev–Trinajstić information content (AvgIpc) is 3.08. The molecule has 0 saturated heterocycles. The van der Waals surface area contributed by atoms with Crippen LogP contribution in [0.1, 0.15) is 21.6 Å². The molecule has 3 nitrogen and oxygen atoms in total. The van der Waals surface area contributed by atoms with Gasteiger partial charge >= 0.3 is 0 Å². The van der Waals surface area contributed by atoms with E-state index in [-0.39, 0.29) is 11.4 Å². The Labute approximate surface area is 163 Å². The number of benzene rings is 3. The van der Waals surface area contributed by atoms with E-state index < -0.39 is 0 Å². The molecule has 0 amide bonds. The van der Waals surface area contributed by atoms with Crippen LogP contribution >= 0.6 is 0 Å². The molecule has 1 aromatic heterocycles. The SMILES string of the molecule is Cc1[nH]c2ccccc2c1C(=O)C(C#N)=Cc1ccc(-c2ccccc2)cc1. The second-order valence-corrected chi connectivity index (χ2v) is 6.66. The van der Waals surface area contributed by atoms with Crippen molar-refractivity contribution in [2.75, 3.05) is 0 Å². The number of hydrogen-bond donors (Lipinski definition) is 1. The Kier molecular flexibility index (Phi) is 4.62. The lowest BCUT2D eigenvalue weighted by Crippen LogP contribution is -2.03. The minimum Gasteiger partial charge on any atom is -0.358 e. The summed E-state index contributed by atoms with van der Waals surface area (Å²) in [7, 11) is 0. The van der Waals surface area contributed by atoms with Gasteiger partial charge in [0.05, 0.1) is 5.56 Å². The van der Waals surface area contributed by atoms with Gasteiger partial charge in [0.25, 0.3) is 0 Å². The molecular weight excluding hydrogens is 344 g/mol. The van der Waals surface area contributed by atoms with Crippen LogP contribution in [-0.4, -0.2) is 10.8 Å². The molecule has 0 fully saturated rings. The van der Waals surface area contributed by atoms with E-state index in [1.165, 1.54) is 0 Å². The van der Waals surface area contributed by atoms with Gasteiger partial charge < -0.3 is 4.98 Å². The van der Waals surface area contributed by atoms with Crippen LogP contribution in [0.4, 0.5) is 0 Å². The van der Waals surface area contributed by atoms with Crippen molar-refractivity contribution in [2.45, 2.75) is 6.92 Å². The molecule has 0 atom stereocenters. The Bertz CT molecular complexity index is 1220. The second-order valence-electron chi connectivity index (χ2n) is 6.66. The predicted octanol–water partition coefficient (Wildman–Crippen LogP) is 5.93. The van der Waals surface area contributed by atoms with Crippen molar-refractivity contribution in [1.82, 2.24) is 4.98 Å². The van der Waals surface area contributed by atoms with Crippen LogP contribution in [0.15, 0.2) is 84.4 Å². The van der Waals surface area contributed by atoms with Crippen LogP contribution in [0.3, 0.4) is 0 Å². The number of aromatic nitrogens is 1. The molecule has 4 rings (SSSR count). The normalized spacial score (nSPS) is 11.4. The van der Waals surface area contributed by atoms with Gasteiger partial charge in [0.2, 0.25) is 5.78 Å². The maximum atomic E-state index is 13.1. The van der Waals surface area contributed by atoms with Gasteiger partial charge in [-0.2, -0.15) is 5.26 Å². The van der Waals surface area contributed by atoms with Crippen molar-refractivity contribution in [3.63, 3.8) is 0 Å². The van der Waals surface area contributed by atoms with E-state index in [1.807, 2.05) is 73.7 Å². The van der Waals surface area contributed by atoms with Crippen molar-refractivity contribution in [3.05, 3.63) is 101 Å². The van der Waals surface area contributed by atoms with Crippen molar-refractivity contribution in [1.29, 1.82) is 5.26 Å². The zero-order valence-electron chi connectivity index (χ0n) is 15.4. The molecule has 0 bridgehead atoms. The average molecular weight is 362 g/mol. The van der Waals surface area contributed by atoms with E-state index in [4.69, 9.17) is 0 Å². The minimum atomic E-state index is -0.260. The molecule has 0 aliphatic carbocycles. The Morgan fingerprint density at radius 1 is 0.893 bits per heavy atom. The first kappa shape index (κ1) is 17.5. The summed E-state index contributed by atoms with van der Waals surface area (Å²) in [5, 5.41) is 10.4. The highest BCUT2D eigenvalue weighted by Gasteiger charge is 2.19. The summed E-state index contributed by atoms with van der Waals surface area (Å²) >= 11 is 0. The van der Waals surface area contributed by atoms with Crippen molar-refractivity contribution in [2.24, 2.45) is 0 Å². The number of hydrogen-bond acceptors (Lipinski definition) is 2. The molecule has 0 unspecified atom stereocenters. The van der Waals surface area contributed by atoms with Crippen LogP contribution in [0.5, 0.6) is 0 Å². The smallest absolute Gasteiger partial charge is 0.205 e. The maximum absolute atomic E-state index is 13.1. The molecule has 0 aliphatic rings. The first-order chi connectivity index (χ1) is 13.7. The number of aromatic amines is 1. The van der Waals surface area contributed by atoms with Crippen LogP contribution in [0.25, 0.3) is 28.1 Å². The highest BCUT2D eigenvalue weighted by atomic mass is 16.1. The molecule has 1 N–H and O–H groups in total. The van der Waals surface area contributed by atoms with Gasteiger partial charge in [0, 0.05) is 16.6 Å². The van der Waals surface area contributed by atoms with E-state index in [9.17, 15) is 10.1 Å². The van der Waals surface area contributed by atoms with E-state index >= 15 is 0 Å². The molecule has 28 heavy (non-hydrogen) atoms. The summed E-state index contributed by atoms with van der Waals surface area (Å²) in [6, 6.07) is 27.6. The summed E-state index contributed by atoms with van der Waals surface area (Å²) in [5.74, 6) is -0.260. The largest absolute Gasteiger partial charge is 0.358 e. The number of fused-ring (bicyclic) bond motifs is 1. The number of carbonyl (C=O) groups is 1. The van der Waals surface area contributed by atoms with Gasteiger partial charge in [-0.3, -0.25) is 4.79 Å². The number of nitriles is 1. The number of rotatable bonds is 4. The van der Waals surface area contributed by atoms with Gasteiger partial charge in [0.1, 0.15) is 11.6 Å². The van der Waals surface area contributed by atoms with Crippen molar-refractivity contribution in [3.8, 4) is 17.2 Å². The lowest BCUT2D eigenvalue weighted by Gasteiger charge is -2.03. The quantitative estimate of drug-likeness (QED) is 0.278. The summed E-state index contributed by atoms with van der Waals surface area (Å²) < 4.78 is 0. The molecule has 0 saturated carbocycles. The van der Waals surface area contributed by atoms with Gasteiger partial charge in [-0.1, -0.05) is 72.8 Å². The van der Waals surface area contributed by atoms with Crippen LogP contribution < -0.4 is 0 Å². The van der Waals surface area contributed by atoms with Gasteiger partial charge in [-0.15, -0.1) is 0 Å². The summed E-state index contributed by atoms with van der Waals surface area (Å²) in [4.78, 5) is 16.3. The fourth-order valence-electron chi connectivity index (χ4n) is 3.42. The number of Topliss-reactive ketones (excluding diaryl/α,β-unsaturated/α-hetero) is 1. The number of H-pyrrole nitrogens is 1. The fraction of sp³-hybridized carbons (Fsp3) is 0.0400. The first-order valence-corrected chi connectivity index (χ1v) is 9.06. The summed E-state index contributed by atoms with van der Waals surface area (Å²) in [6.07, 6.45) is 1.65. The number of carbonyl (C=O) groups excluding carboxylic acids is 1. The predicted molar refractivity (Wildman–Crippen MR) is 113 cm³/mol. The number of aryl methyl sites for hydroxylation is 1. The van der Waals surface area contributed by atoms with E-state index in [2.05, 4.69) is 23.2 Å². The number of nitrogens with one attached hydrogen (secondary N) is 1. The lowest BCUT2D eigenvalue weighted by molar-refractivity contribution is 0.104. The Morgan fingerprint density at radius 2 is 1.54 bits per heavy atom. The minimum absolute atomic E-state index is 0.125. The Balaban J connectivity index is 1.68. The number of nitrogens with zero attached hydrogens (tertiary/aromatic N) is 1. The van der Waals surface area contributed by atoms with Crippen LogP contribution in [0, 0.1) is 18.3 Å². The Morgan fingerprint density at radius 3 is 2.25 bits per heavy atom. The third-order valence-electron chi connectivity index (χ3n) is 4.81. The third kappa shape index (κ3) is 3.24. The summed E-state index contributed by atoms with van der Waals surface area (Å²) in [6.45, 7) is 1.86. The third-order valence-corrected chi connectivity index (χ3v) is 4.81.